The number of amides is 1. The summed E-state index contributed by atoms with van der Waals surface area (Å²) in [6.45, 7) is 4.25. The second-order valence-electron chi connectivity index (χ2n) is 8.50. The predicted octanol–water partition coefficient (Wildman–Crippen LogP) is 4.83. The Bertz CT molecular complexity index is 946. The van der Waals surface area contributed by atoms with Crippen LogP contribution in [0.25, 0.3) is 0 Å². The number of hydrogen-bond donors (Lipinski definition) is 2. The molecule has 0 bridgehead atoms. The van der Waals surface area contributed by atoms with E-state index in [1.165, 1.54) is 0 Å². The summed E-state index contributed by atoms with van der Waals surface area (Å²) in [4.78, 5) is 27.4. The number of hydrogen-bond acceptors (Lipinski definition) is 2. The molecule has 1 unspecified atom stereocenters. The molecule has 2 heterocycles. The summed E-state index contributed by atoms with van der Waals surface area (Å²) in [5.41, 5.74) is 4.00. The van der Waals surface area contributed by atoms with E-state index >= 15 is 0 Å². The molecule has 28 heavy (non-hydrogen) atoms. The number of nitrogens with one attached hydrogen (secondary N) is 2. The van der Waals surface area contributed by atoms with Gasteiger partial charge in [0.1, 0.15) is 0 Å². The molecule has 4 rings (SSSR count). The molecule has 1 aliphatic carbocycles. The molecule has 1 aromatic heterocycles. The lowest BCUT2D eigenvalue weighted by Gasteiger charge is -2.23. The fourth-order valence-electron chi connectivity index (χ4n) is 4.23. The van der Waals surface area contributed by atoms with Crippen molar-refractivity contribution in [1.29, 1.82) is 0 Å². The van der Waals surface area contributed by atoms with Crippen molar-refractivity contribution in [2.75, 3.05) is 0 Å². The van der Waals surface area contributed by atoms with Gasteiger partial charge in [-0.3, -0.25) is 9.59 Å². The van der Waals surface area contributed by atoms with Gasteiger partial charge in [0.25, 0.3) is 5.56 Å². The van der Waals surface area contributed by atoms with Crippen LogP contribution >= 0.6 is 11.6 Å². The number of H-pyrrole nitrogens is 1. The third-order valence-corrected chi connectivity index (χ3v) is 6.34. The molecule has 148 valence electrons. The molecule has 0 radical (unpaired) electrons. The highest BCUT2D eigenvalue weighted by atomic mass is 35.5. The second-order valence-corrected chi connectivity index (χ2v) is 8.91. The van der Waals surface area contributed by atoms with Crippen molar-refractivity contribution in [2.45, 2.75) is 69.7 Å². The Kier molecular flexibility index (Phi) is 5.33. The molecule has 1 saturated carbocycles. The number of carbonyl (C=O) groups is 1. The van der Waals surface area contributed by atoms with Crippen LogP contribution in [0.1, 0.15) is 86.1 Å². The van der Waals surface area contributed by atoms with Gasteiger partial charge in [0.2, 0.25) is 5.91 Å². The van der Waals surface area contributed by atoms with Crippen molar-refractivity contribution >= 4 is 17.5 Å². The van der Waals surface area contributed by atoms with Gasteiger partial charge in [-0.1, -0.05) is 43.6 Å². The first-order valence-corrected chi connectivity index (χ1v) is 10.6. The lowest BCUT2D eigenvalue weighted by molar-refractivity contribution is -0.119. The van der Waals surface area contributed by atoms with Gasteiger partial charge in [0.15, 0.2) is 0 Å². The molecule has 5 heteroatoms. The first-order valence-electron chi connectivity index (χ1n) is 10.2. The van der Waals surface area contributed by atoms with Gasteiger partial charge in [0.05, 0.1) is 0 Å². The molecule has 1 saturated heterocycles. The van der Waals surface area contributed by atoms with E-state index < -0.39 is 0 Å². The lowest BCUT2D eigenvalue weighted by Crippen LogP contribution is -2.28. The molecule has 0 spiro atoms. The second kappa shape index (κ2) is 7.75. The number of rotatable bonds is 6. The van der Waals surface area contributed by atoms with Crippen molar-refractivity contribution in [3.8, 4) is 0 Å². The van der Waals surface area contributed by atoms with Crippen LogP contribution in [0.3, 0.4) is 0 Å². The van der Waals surface area contributed by atoms with Gasteiger partial charge >= 0.3 is 0 Å². The van der Waals surface area contributed by atoms with Crippen molar-refractivity contribution in [1.82, 2.24) is 10.3 Å². The summed E-state index contributed by atoms with van der Waals surface area (Å²) in [6, 6.07) is 10.4. The molecule has 1 aromatic carbocycles. The van der Waals surface area contributed by atoms with Crippen LogP contribution in [-0.2, 0) is 4.79 Å². The van der Waals surface area contributed by atoms with E-state index in [-0.39, 0.29) is 23.4 Å². The molecule has 1 aliphatic heterocycles. The van der Waals surface area contributed by atoms with E-state index in [1.807, 2.05) is 18.2 Å². The van der Waals surface area contributed by atoms with Crippen LogP contribution in [-0.4, -0.2) is 16.9 Å². The Morgan fingerprint density at radius 2 is 1.89 bits per heavy atom. The number of pyridine rings is 1. The van der Waals surface area contributed by atoms with Gasteiger partial charge in [-0.15, -0.1) is 0 Å². The standard InChI is InChI=1S/C23H27ClN2O2/c1-13(2)17-7-5-15(11-20(17)24)19(12-16-6-10-22(27)25-16)21-9-8-18(14-3-4-14)23(28)26-21/h5,7-9,11,13-14,16,19H,3-4,6,10,12H2,1-2H3,(H,25,27)(H,26,28)/t16-,19?/m1/s1. The van der Waals surface area contributed by atoms with E-state index in [1.54, 1.807) is 0 Å². The number of halogens is 1. The fraction of sp³-hybridized carbons (Fsp3) is 0.478. The van der Waals surface area contributed by atoms with E-state index in [2.05, 4.69) is 36.3 Å². The third-order valence-electron chi connectivity index (χ3n) is 6.01. The molecule has 2 N–H and O–H groups in total. The summed E-state index contributed by atoms with van der Waals surface area (Å²) < 4.78 is 0. The normalized spacial score (nSPS) is 20.4. The Morgan fingerprint density at radius 3 is 2.46 bits per heavy atom. The maximum atomic E-state index is 12.6. The first-order chi connectivity index (χ1) is 13.4. The zero-order valence-corrected chi connectivity index (χ0v) is 17.2. The Balaban J connectivity index is 1.69. The number of aromatic nitrogens is 1. The number of benzene rings is 1. The maximum absolute atomic E-state index is 12.6. The van der Waals surface area contributed by atoms with Crippen LogP contribution in [0, 0.1) is 0 Å². The molecular weight excluding hydrogens is 372 g/mol. The Hall–Kier alpha value is -2.07. The summed E-state index contributed by atoms with van der Waals surface area (Å²) in [6.07, 6.45) is 4.36. The van der Waals surface area contributed by atoms with Crippen LogP contribution in [0.5, 0.6) is 0 Å². The molecule has 1 amide bonds. The Morgan fingerprint density at radius 1 is 1.11 bits per heavy atom. The molecular formula is C23H27ClN2O2. The summed E-state index contributed by atoms with van der Waals surface area (Å²) in [7, 11) is 0. The van der Waals surface area contributed by atoms with Gasteiger partial charge in [-0.25, -0.2) is 0 Å². The SMILES string of the molecule is CC(C)c1ccc(C(C[C@H]2CCC(=O)N2)c2ccc(C3CC3)c(=O)[nH]2)cc1Cl. The minimum atomic E-state index is -0.0111. The minimum Gasteiger partial charge on any atom is -0.353 e. The number of aromatic amines is 1. The largest absolute Gasteiger partial charge is 0.353 e. The highest BCUT2D eigenvalue weighted by molar-refractivity contribution is 6.31. The average molecular weight is 399 g/mol. The van der Waals surface area contributed by atoms with Crippen molar-refractivity contribution in [3.63, 3.8) is 0 Å². The van der Waals surface area contributed by atoms with Crippen molar-refractivity contribution in [3.05, 3.63) is 68.1 Å². The van der Waals surface area contributed by atoms with Crippen molar-refractivity contribution in [2.24, 2.45) is 0 Å². The van der Waals surface area contributed by atoms with E-state index in [9.17, 15) is 9.59 Å². The van der Waals surface area contributed by atoms with Crippen molar-refractivity contribution < 1.29 is 4.79 Å². The van der Waals surface area contributed by atoms with E-state index in [0.29, 0.717) is 18.3 Å². The quantitative estimate of drug-likeness (QED) is 0.732. The molecule has 2 fully saturated rings. The van der Waals surface area contributed by atoms with Crippen LogP contribution < -0.4 is 10.9 Å². The molecule has 4 nitrogen and oxygen atoms in total. The highest BCUT2D eigenvalue weighted by Gasteiger charge is 2.29. The monoisotopic (exact) mass is 398 g/mol. The molecule has 2 aromatic rings. The predicted molar refractivity (Wildman–Crippen MR) is 112 cm³/mol. The van der Waals surface area contributed by atoms with Crippen LogP contribution in [0.15, 0.2) is 35.1 Å². The van der Waals surface area contributed by atoms with E-state index in [0.717, 1.165) is 53.1 Å². The summed E-state index contributed by atoms with van der Waals surface area (Å²) >= 11 is 6.56. The third kappa shape index (κ3) is 4.02. The topological polar surface area (TPSA) is 62.0 Å². The summed E-state index contributed by atoms with van der Waals surface area (Å²) in [5.74, 6) is 0.870. The lowest BCUT2D eigenvalue weighted by atomic mass is 9.87. The van der Waals surface area contributed by atoms with Crippen LogP contribution in [0.2, 0.25) is 5.02 Å². The molecule has 2 aliphatic rings. The smallest absolute Gasteiger partial charge is 0.251 e. The van der Waals surface area contributed by atoms with Gasteiger partial charge in [-0.2, -0.15) is 0 Å². The molecule has 2 atom stereocenters. The minimum absolute atomic E-state index is 0.0111. The Labute approximate surface area is 170 Å². The zero-order chi connectivity index (χ0) is 19.8. The van der Waals surface area contributed by atoms with Gasteiger partial charge in [0, 0.05) is 34.7 Å². The first kappa shape index (κ1) is 19.3. The van der Waals surface area contributed by atoms with Gasteiger partial charge < -0.3 is 10.3 Å². The highest BCUT2D eigenvalue weighted by Crippen LogP contribution is 2.39. The average Bonchev–Trinajstić information content (AvgIpc) is 3.40. The zero-order valence-electron chi connectivity index (χ0n) is 16.4. The fourth-order valence-corrected chi connectivity index (χ4v) is 4.64. The number of carbonyl (C=O) groups excluding carboxylic acids is 1. The van der Waals surface area contributed by atoms with E-state index in [4.69, 9.17) is 11.6 Å². The summed E-state index contributed by atoms with van der Waals surface area (Å²) in [5, 5.41) is 3.81. The van der Waals surface area contributed by atoms with Crippen LogP contribution in [0.4, 0.5) is 0 Å². The van der Waals surface area contributed by atoms with Gasteiger partial charge in [-0.05, 0) is 60.8 Å². The maximum Gasteiger partial charge on any atom is 0.251 e.